The van der Waals surface area contributed by atoms with Crippen molar-refractivity contribution in [3.63, 3.8) is 0 Å². The quantitative estimate of drug-likeness (QED) is 0.513. The molecule has 0 aliphatic rings. The second-order valence-corrected chi connectivity index (χ2v) is 8.80. The van der Waals surface area contributed by atoms with Crippen molar-refractivity contribution in [2.75, 3.05) is 13.7 Å². The van der Waals surface area contributed by atoms with Crippen LogP contribution in [0, 0.1) is 11.8 Å². The van der Waals surface area contributed by atoms with Crippen molar-refractivity contribution in [1.82, 2.24) is 5.32 Å². The van der Waals surface area contributed by atoms with Gasteiger partial charge in [-0.25, -0.2) is 0 Å². The van der Waals surface area contributed by atoms with Crippen molar-refractivity contribution in [2.45, 2.75) is 59.9 Å². The van der Waals surface area contributed by atoms with Gasteiger partial charge in [0.2, 0.25) is 5.91 Å². The van der Waals surface area contributed by atoms with Crippen LogP contribution < -0.4 is 14.8 Å². The van der Waals surface area contributed by atoms with E-state index in [1.54, 1.807) is 7.11 Å². The lowest BCUT2D eigenvalue weighted by Gasteiger charge is -2.15. The van der Waals surface area contributed by atoms with E-state index in [1.165, 1.54) is 5.56 Å². The van der Waals surface area contributed by atoms with Crippen LogP contribution in [0.5, 0.6) is 11.5 Å². The summed E-state index contributed by atoms with van der Waals surface area (Å²) < 4.78 is 11.3. The van der Waals surface area contributed by atoms with E-state index in [-0.39, 0.29) is 11.8 Å². The summed E-state index contributed by atoms with van der Waals surface area (Å²) in [5, 5.41) is 3.04. The second-order valence-electron chi connectivity index (χ2n) is 8.80. The summed E-state index contributed by atoms with van der Waals surface area (Å²) in [5.74, 6) is 2.48. The molecule has 0 spiro atoms. The highest BCUT2D eigenvalue weighted by molar-refractivity contribution is 5.83. The first-order valence-electron chi connectivity index (χ1n) is 11.0. The molecule has 0 aliphatic carbocycles. The van der Waals surface area contributed by atoms with Gasteiger partial charge in [-0.2, -0.15) is 0 Å². The van der Waals surface area contributed by atoms with Crippen LogP contribution in [0.3, 0.4) is 0 Å². The van der Waals surface area contributed by atoms with Gasteiger partial charge in [-0.15, -0.1) is 0 Å². The Labute approximate surface area is 182 Å². The number of carbonyl (C=O) groups excluding carboxylic acids is 1. The third kappa shape index (κ3) is 7.40. The van der Waals surface area contributed by atoms with Crippen molar-refractivity contribution in [3.8, 4) is 11.5 Å². The molecule has 30 heavy (non-hydrogen) atoms. The van der Waals surface area contributed by atoms with E-state index in [2.05, 4.69) is 57.3 Å². The lowest BCUT2D eigenvalue weighted by molar-refractivity contribution is -0.122. The highest BCUT2D eigenvalue weighted by Crippen LogP contribution is 2.28. The normalized spacial score (nSPS) is 12.1. The Bertz CT molecular complexity index is 796. The number of amides is 1. The molecule has 0 heterocycles. The monoisotopic (exact) mass is 411 g/mol. The van der Waals surface area contributed by atoms with Crippen LogP contribution in [0.2, 0.25) is 0 Å². The average molecular weight is 412 g/mol. The molecule has 0 aromatic heterocycles. The first-order valence-corrected chi connectivity index (χ1v) is 11.0. The number of nitrogens with one attached hydrogen (secondary N) is 1. The Morgan fingerprint density at radius 3 is 2.17 bits per heavy atom. The van der Waals surface area contributed by atoms with Crippen molar-refractivity contribution >= 4 is 5.91 Å². The SMILES string of the molecule is COc1cc(CNC(=O)C(C)c2ccc(CC(C)C)cc2)ccc1OCCC(C)C. The summed E-state index contributed by atoms with van der Waals surface area (Å²) in [7, 11) is 1.64. The Kier molecular flexibility index (Phi) is 9.22. The molecule has 1 amide bonds. The smallest absolute Gasteiger partial charge is 0.227 e. The summed E-state index contributed by atoms with van der Waals surface area (Å²) in [5.41, 5.74) is 3.33. The lowest BCUT2D eigenvalue weighted by atomic mass is 9.96. The molecule has 2 rings (SSSR count). The van der Waals surface area contributed by atoms with Crippen LogP contribution in [-0.2, 0) is 17.8 Å². The van der Waals surface area contributed by atoms with E-state index < -0.39 is 0 Å². The number of methoxy groups -OCH3 is 1. The van der Waals surface area contributed by atoms with E-state index in [4.69, 9.17) is 9.47 Å². The van der Waals surface area contributed by atoms with Crippen LogP contribution in [0.1, 0.15) is 63.6 Å². The molecule has 1 atom stereocenters. The van der Waals surface area contributed by atoms with Gasteiger partial charge in [0, 0.05) is 6.54 Å². The minimum Gasteiger partial charge on any atom is -0.493 e. The molecule has 0 saturated heterocycles. The van der Waals surface area contributed by atoms with Crippen LogP contribution in [-0.4, -0.2) is 19.6 Å². The predicted molar refractivity (Wildman–Crippen MR) is 123 cm³/mol. The fourth-order valence-electron chi connectivity index (χ4n) is 3.25. The highest BCUT2D eigenvalue weighted by Gasteiger charge is 2.15. The maximum absolute atomic E-state index is 12.6. The average Bonchev–Trinajstić information content (AvgIpc) is 2.72. The Balaban J connectivity index is 1.93. The first kappa shape index (κ1) is 23.8. The van der Waals surface area contributed by atoms with Gasteiger partial charge in [0.1, 0.15) is 0 Å². The molecular weight excluding hydrogens is 374 g/mol. The van der Waals surface area contributed by atoms with Gasteiger partial charge in [0.05, 0.1) is 19.6 Å². The molecule has 0 saturated carbocycles. The van der Waals surface area contributed by atoms with Crippen molar-refractivity contribution in [3.05, 3.63) is 59.2 Å². The van der Waals surface area contributed by atoms with E-state index in [9.17, 15) is 4.79 Å². The van der Waals surface area contributed by atoms with Gasteiger partial charge in [0.15, 0.2) is 11.5 Å². The minimum atomic E-state index is -0.196. The first-order chi connectivity index (χ1) is 14.3. The molecular formula is C26H37NO3. The molecule has 0 radical (unpaired) electrons. The summed E-state index contributed by atoms with van der Waals surface area (Å²) in [6.45, 7) is 11.8. The maximum atomic E-state index is 12.6. The standard InChI is InChI=1S/C26H37NO3/c1-18(2)13-14-30-24-12-9-22(16-25(24)29-6)17-27-26(28)20(5)23-10-7-21(8-11-23)15-19(3)4/h7-12,16,18-20H,13-15,17H2,1-6H3,(H,27,28). The molecule has 0 bridgehead atoms. The molecule has 4 nitrogen and oxygen atoms in total. The fraction of sp³-hybridized carbons (Fsp3) is 0.500. The van der Waals surface area contributed by atoms with Gasteiger partial charge >= 0.3 is 0 Å². The molecule has 0 aliphatic heterocycles. The van der Waals surface area contributed by atoms with E-state index in [1.807, 2.05) is 25.1 Å². The van der Waals surface area contributed by atoms with Crippen molar-refractivity contribution < 1.29 is 14.3 Å². The number of hydrogen-bond acceptors (Lipinski definition) is 3. The van der Waals surface area contributed by atoms with Crippen molar-refractivity contribution in [2.24, 2.45) is 11.8 Å². The number of benzene rings is 2. The molecule has 1 N–H and O–H groups in total. The number of hydrogen-bond donors (Lipinski definition) is 1. The van der Waals surface area contributed by atoms with Gasteiger partial charge < -0.3 is 14.8 Å². The lowest BCUT2D eigenvalue weighted by Crippen LogP contribution is -2.27. The Morgan fingerprint density at radius 2 is 1.57 bits per heavy atom. The zero-order valence-electron chi connectivity index (χ0n) is 19.3. The zero-order valence-corrected chi connectivity index (χ0v) is 19.3. The van der Waals surface area contributed by atoms with E-state index >= 15 is 0 Å². The Morgan fingerprint density at radius 1 is 0.900 bits per heavy atom. The van der Waals surface area contributed by atoms with Crippen LogP contribution in [0.15, 0.2) is 42.5 Å². The number of ether oxygens (including phenoxy) is 2. The Hall–Kier alpha value is -2.49. The third-order valence-corrected chi connectivity index (χ3v) is 5.16. The summed E-state index contributed by atoms with van der Waals surface area (Å²) >= 11 is 0. The van der Waals surface area contributed by atoms with Gasteiger partial charge in [-0.05, 0) is 60.4 Å². The van der Waals surface area contributed by atoms with E-state index in [0.717, 1.165) is 29.7 Å². The number of rotatable bonds is 11. The highest BCUT2D eigenvalue weighted by atomic mass is 16.5. The molecule has 0 fully saturated rings. The summed E-state index contributed by atoms with van der Waals surface area (Å²) in [6.07, 6.45) is 2.05. The van der Waals surface area contributed by atoms with Crippen LogP contribution in [0.25, 0.3) is 0 Å². The summed E-state index contributed by atoms with van der Waals surface area (Å²) in [6, 6.07) is 14.2. The third-order valence-electron chi connectivity index (χ3n) is 5.16. The largest absolute Gasteiger partial charge is 0.493 e. The van der Waals surface area contributed by atoms with E-state index in [0.29, 0.717) is 30.7 Å². The van der Waals surface area contributed by atoms with Crippen LogP contribution in [0.4, 0.5) is 0 Å². The topological polar surface area (TPSA) is 47.6 Å². The van der Waals surface area contributed by atoms with Crippen molar-refractivity contribution in [1.29, 1.82) is 0 Å². The second kappa shape index (κ2) is 11.6. The van der Waals surface area contributed by atoms with Gasteiger partial charge in [-0.3, -0.25) is 4.79 Å². The summed E-state index contributed by atoms with van der Waals surface area (Å²) in [4.78, 5) is 12.6. The predicted octanol–water partition coefficient (Wildman–Crippen LogP) is 5.74. The zero-order chi connectivity index (χ0) is 22.1. The maximum Gasteiger partial charge on any atom is 0.227 e. The van der Waals surface area contributed by atoms with Gasteiger partial charge in [0.25, 0.3) is 0 Å². The minimum absolute atomic E-state index is 0.0165. The molecule has 164 valence electrons. The molecule has 1 unspecified atom stereocenters. The van der Waals surface area contributed by atoms with Gasteiger partial charge in [-0.1, -0.05) is 58.0 Å². The molecule has 2 aromatic carbocycles. The molecule has 4 heteroatoms. The number of carbonyl (C=O) groups is 1. The fourth-order valence-corrected chi connectivity index (χ4v) is 3.25. The van der Waals surface area contributed by atoms with Crippen LogP contribution >= 0.6 is 0 Å². The molecule has 2 aromatic rings.